The zero-order chi connectivity index (χ0) is 15.7. The number of methoxy groups -OCH3 is 1. The number of hydrogen-bond acceptors (Lipinski definition) is 2. The molecule has 21 heavy (non-hydrogen) atoms. The Labute approximate surface area is 142 Å². The van der Waals surface area contributed by atoms with Gasteiger partial charge < -0.3 is 9.84 Å². The molecule has 4 heteroatoms. The van der Waals surface area contributed by atoms with Gasteiger partial charge in [-0.3, -0.25) is 0 Å². The van der Waals surface area contributed by atoms with Gasteiger partial charge in [0.25, 0.3) is 0 Å². The number of aryl methyl sites for hydroxylation is 2. The average molecular weight is 414 g/mol. The van der Waals surface area contributed by atoms with Gasteiger partial charge in [-0.15, -0.1) is 0 Å². The molecule has 0 aromatic heterocycles. The largest absolute Gasteiger partial charge is 0.496 e. The summed E-state index contributed by atoms with van der Waals surface area (Å²) in [5.41, 5.74) is 4.77. The first-order chi connectivity index (χ1) is 9.86. The number of benzene rings is 2. The SMILES string of the molecule is COc1c(C)cc(Br)c(C)c1C(O)c1ccc(C)c(Br)c1. The van der Waals surface area contributed by atoms with E-state index in [1.807, 2.05) is 45.0 Å². The monoisotopic (exact) mass is 412 g/mol. The van der Waals surface area contributed by atoms with Gasteiger partial charge in [-0.25, -0.2) is 0 Å². The second kappa shape index (κ2) is 6.51. The van der Waals surface area contributed by atoms with E-state index < -0.39 is 6.10 Å². The van der Waals surface area contributed by atoms with Crippen LogP contribution in [0.1, 0.15) is 33.9 Å². The van der Waals surface area contributed by atoms with E-state index in [2.05, 4.69) is 31.9 Å². The van der Waals surface area contributed by atoms with Crippen molar-refractivity contribution in [2.45, 2.75) is 26.9 Å². The van der Waals surface area contributed by atoms with Crippen molar-refractivity contribution >= 4 is 31.9 Å². The lowest BCUT2D eigenvalue weighted by atomic mass is 9.94. The molecular formula is C17H18Br2O2. The van der Waals surface area contributed by atoms with Crippen LogP contribution in [0.3, 0.4) is 0 Å². The molecule has 2 rings (SSSR count). The molecule has 1 atom stereocenters. The molecule has 2 aromatic rings. The van der Waals surface area contributed by atoms with E-state index in [-0.39, 0.29) is 0 Å². The maximum Gasteiger partial charge on any atom is 0.128 e. The Morgan fingerprint density at radius 3 is 2.24 bits per heavy atom. The van der Waals surface area contributed by atoms with E-state index in [1.165, 1.54) is 0 Å². The summed E-state index contributed by atoms with van der Waals surface area (Å²) in [6.07, 6.45) is -0.729. The van der Waals surface area contributed by atoms with Crippen LogP contribution in [0.2, 0.25) is 0 Å². The second-order valence-electron chi connectivity index (χ2n) is 5.16. The molecule has 0 saturated heterocycles. The van der Waals surface area contributed by atoms with Crippen molar-refractivity contribution in [1.29, 1.82) is 0 Å². The molecule has 0 fully saturated rings. The number of halogens is 2. The minimum atomic E-state index is -0.729. The van der Waals surface area contributed by atoms with Gasteiger partial charge in [0.15, 0.2) is 0 Å². The quantitative estimate of drug-likeness (QED) is 0.746. The Morgan fingerprint density at radius 2 is 1.67 bits per heavy atom. The van der Waals surface area contributed by atoms with Crippen molar-refractivity contribution in [1.82, 2.24) is 0 Å². The van der Waals surface area contributed by atoms with Crippen LogP contribution >= 0.6 is 31.9 Å². The van der Waals surface area contributed by atoms with E-state index in [0.29, 0.717) is 0 Å². The highest BCUT2D eigenvalue weighted by Crippen LogP contribution is 2.39. The first-order valence-electron chi connectivity index (χ1n) is 6.64. The molecule has 2 aromatic carbocycles. The lowest BCUT2D eigenvalue weighted by Gasteiger charge is -2.21. The molecule has 0 bridgehead atoms. The van der Waals surface area contributed by atoms with Gasteiger partial charge in [0.2, 0.25) is 0 Å². The van der Waals surface area contributed by atoms with Crippen molar-refractivity contribution in [2.24, 2.45) is 0 Å². The summed E-state index contributed by atoms with van der Waals surface area (Å²) >= 11 is 7.07. The molecule has 1 N–H and O–H groups in total. The van der Waals surface area contributed by atoms with Crippen LogP contribution in [0, 0.1) is 20.8 Å². The Kier molecular flexibility index (Phi) is 5.12. The van der Waals surface area contributed by atoms with Gasteiger partial charge in [0.1, 0.15) is 11.9 Å². The first kappa shape index (κ1) is 16.5. The van der Waals surface area contributed by atoms with Crippen LogP contribution in [-0.4, -0.2) is 12.2 Å². The average Bonchev–Trinajstić information content (AvgIpc) is 2.44. The van der Waals surface area contributed by atoms with E-state index in [1.54, 1.807) is 7.11 Å². The van der Waals surface area contributed by atoms with Gasteiger partial charge in [-0.05, 0) is 55.2 Å². The van der Waals surface area contributed by atoms with Crippen LogP contribution in [0.25, 0.3) is 0 Å². The highest BCUT2D eigenvalue weighted by molar-refractivity contribution is 9.10. The van der Waals surface area contributed by atoms with Crippen LogP contribution in [0.15, 0.2) is 33.2 Å². The zero-order valence-electron chi connectivity index (χ0n) is 12.5. The topological polar surface area (TPSA) is 29.5 Å². The normalized spacial score (nSPS) is 12.3. The van der Waals surface area contributed by atoms with E-state index in [9.17, 15) is 5.11 Å². The van der Waals surface area contributed by atoms with Gasteiger partial charge in [0, 0.05) is 14.5 Å². The third-order valence-electron chi connectivity index (χ3n) is 3.70. The van der Waals surface area contributed by atoms with Crippen molar-refractivity contribution in [2.75, 3.05) is 7.11 Å². The molecule has 2 nitrogen and oxygen atoms in total. The van der Waals surface area contributed by atoms with Gasteiger partial charge in [-0.1, -0.05) is 44.0 Å². The summed E-state index contributed by atoms with van der Waals surface area (Å²) in [5.74, 6) is 0.736. The Hall–Kier alpha value is -0.840. The van der Waals surface area contributed by atoms with Crippen molar-refractivity contribution in [3.63, 3.8) is 0 Å². The number of aliphatic hydroxyl groups excluding tert-OH is 1. The number of rotatable bonds is 3. The molecule has 0 spiro atoms. The van der Waals surface area contributed by atoms with Crippen molar-refractivity contribution in [3.8, 4) is 5.75 Å². The third-order valence-corrected chi connectivity index (χ3v) is 5.38. The highest BCUT2D eigenvalue weighted by Gasteiger charge is 2.22. The van der Waals surface area contributed by atoms with E-state index in [0.717, 1.165) is 42.5 Å². The van der Waals surface area contributed by atoms with Crippen LogP contribution in [-0.2, 0) is 0 Å². The summed E-state index contributed by atoms with van der Waals surface area (Å²) in [5, 5.41) is 10.8. The standard InChI is InChI=1S/C17H18Br2O2/c1-9-5-6-12(8-13(9)18)16(20)15-11(3)14(19)7-10(2)17(15)21-4/h5-8,16,20H,1-4H3. The molecule has 112 valence electrons. The molecule has 0 aliphatic carbocycles. The van der Waals surface area contributed by atoms with Gasteiger partial charge in [0.05, 0.1) is 7.11 Å². The molecule has 0 aliphatic heterocycles. The molecule has 0 saturated carbocycles. The fourth-order valence-corrected chi connectivity index (χ4v) is 3.37. The number of ether oxygens (including phenoxy) is 1. The van der Waals surface area contributed by atoms with Crippen molar-refractivity contribution in [3.05, 3.63) is 61.0 Å². The zero-order valence-corrected chi connectivity index (χ0v) is 15.7. The molecular weight excluding hydrogens is 396 g/mol. The minimum Gasteiger partial charge on any atom is -0.496 e. The summed E-state index contributed by atoms with van der Waals surface area (Å²) in [4.78, 5) is 0. The third kappa shape index (κ3) is 3.17. The molecule has 0 radical (unpaired) electrons. The predicted octanol–water partition coefficient (Wildman–Crippen LogP) is 5.23. The molecule has 1 unspecified atom stereocenters. The lowest BCUT2D eigenvalue weighted by molar-refractivity contribution is 0.213. The number of aliphatic hydroxyl groups is 1. The summed E-state index contributed by atoms with van der Waals surface area (Å²) < 4.78 is 7.48. The summed E-state index contributed by atoms with van der Waals surface area (Å²) in [6, 6.07) is 7.90. The summed E-state index contributed by atoms with van der Waals surface area (Å²) in [7, 11) is 1.64. The minimum absolute atomic E-state index is 0.729. The highest BCUT2D eigenvalue weighted by atomic mass is 79.9. The molecule has 0 amide bonds. The number of hydrogen-bond donors (Lipinski definition) is 1. The van der Waals surface area contributed by atoms with Gasteiger partial charge >= 0.3 is 0 Å². The Balaban J connectivity index is 2.62. The Bertz CT molecular complexity index is 681. The van der Waals surface area contributed by atoms with Crippen LogP contribution in [0.5, 0.6) is 5.75 Å². The fraction of sp³-hybridized carbons (Fsp3) is 0.294. The van der Waals surface area contributed by atoms with Crippen LogP contribution in [0.4, 0.5) is 0 Å². The first-order valence-corrected chi connectivity index (χ1v) is 8.23. The molecule has 0 heterocycles. The lowest BCUT2D eigenvalue weighted by Crippen LogP contribution is -2.07. The predicted molar refractivity (Wildman–Crippen MR) is 93.1 cm³/mol. The van der Waals surface area contributed by atoms with Crippen LogP contribution < -0.4 is 4.74 Å². The smallest absolute Gasteiger partial charge is 0.128 e. The van der Waals surface area contributed by atoms with Gasteiger partial charge in [-0.2, -0.15) is 0 Å². The van der Waals surface area contributed by atoms with E-state index in [4.69, 9.17) is 4.74 Å². The maximum atomic E-state index is 10.8. The fourth-order valence-electron chi connectivity index (χ4n) is 2.42. The summed E-state index contributed by atoms with van der Waals surface area (Å²) in [6.45, 7) is 5.98. The Morgan fingerprint density at radius 1 is 1.00 bits per heavy atom. The second-order valence-corrected chi connectivity index (χ2v) is 6.87. The maximum absolute atomic E-state index is 10.8. The van der Waals surface area contributed by atoms with E-state index >= 15 is 0 Å². The van der Waals surface area contributed by atoms with Crippen molar-refractivity contribution < 1.29 is 9.84 Å². The molecule has 0 aliphatic rings.